The number of rotatable bonds is 7. The number of methoxy groups -OCH3 is 1. The Labute approximate surface area is 114 Å². The molecular weight excluding hydrogens is 245 g/mol. The first-order chi connectivity index (χ1) is 9.12. The molecule has 0 atom stereocenters. The predicted octanol–water partition coefficient (Wildman–Crippen LogP) is 3.03. The fourth-order valence-corrected chi connectivity index (χ4v) is 2.01. The fourth-order valence-electron chi connectivity index (χ4n) is 2.01. The van der Waals surface area contributed by atoms with E-state index < -0.39 is 5.82 Å². The SMILES string of the molecule is CCCN(CCC)C(=O)Cc1ccc(OC)c(F)c1. The van der Waals surface area contributed by atoms with Gasteiger partial charge in [-0.1, -0.05) is 19.9 Å². The normalized spacial score (nSPS) is 10.3. The number of carbonyl (C=O) groups excluding carboxylic acids is 1. The molecule has 1 amide bonds. The standard InChI is InChI=1S/C15H22FNO2/c1-4-8-17(9-5-2)15(18)11-12-6-7-14(19-3)13(16)10-12/h6-7,10H,4-5,8-9,11H2,1-3H3. The van der Waals surface area contributed by atoms with Crippen molar-refractivity contribution < 1.29 is 13.9 Å². The maximum absolute atomic E-state index is 13.5. The van der Waals surface area contributed by atoms with Crippen LogP contribution in [0.15, 0.2) is 18.2 Å². The minimum Gasteiger partial charge on any atom is -0.494 e. The Morgan fingerprint density at radius 3 is 2.37 bits per heavy atom. The molecule has 1 rings (SSSR count). The highest BCUT2D eigenvalue weighted by Crippen LogP contribution is 2.18. The van der Waals surface area contributed by atoms with Crippen LogP contribution in [0.5, 0.6) is 5.75 Å². The van der Waals surface area contributed by atoms with Gasteiger partial charge in [0, 0.05) is 13.1 Å². The molecule has 0 saturated heterocycles. The van der Waals surface area contributed by atoms with E-state index in [0.29, 0.717) is 5.56 Å². The average Bonchev–Trinajstić information content (AvgIpc) is 2.38. The molecule has 106 valence electrons. The van der Waals surface area contributed by atoms with Crippen LogP contribution in [0.4, 0.5) is 4.39 Å². The Kier molecular flexibility index (Phi) is 6.33. The molecule has 0 bridgehead atoms. The van der Waals surface area contributed by atoms with Gasteiger partial charge in [-0.15, -0.1) is 0 Å². The number of benzene rings is 1. The molecule has 0 fully saturated rings. The highest BCUT2D eigenvalue weighted by Gasteiger charge is 2.13. The van der Waals surface area contributed by atoms with Crippen molar-refractivity contribution in [3.63, 3.8) is 0 Å². The lowest BCUT2D eigenvalue weighted by molar-refractivity contribution is -0.130. The van der Waals surface area contributed by atoms with Crippen LogP contribution in [-0.2, 0) is 11.2 Å². The lowest BCUT2D eigenvalue weighted by Gasteiger charge is -2.21. The topological polar surface area (TPSA) is 29.5 Å². The van der Waals surface area contributed by atoms with Crippen molar-refractivity contribution in [3.8, 4) is 5.75 Å². The Morgan fingerprint density at radius 1 is 1.26 bits per heavy atom. The lowest BCUT2D eigenvalue weighted by atomic mass is 10.1. The van der Waals surface area contributed by atoms with Crippen molar-refractivity contribution >= 4 is 5.91 Å². The van der Waals surface area contributed by atoms with E-state index in [-0.39, 0.29) is 18.1 Å². The van der Waals surface area contributed by atoms with Gasteiger partial charge in [-0.2, -0.15) is 0 Å². The van der Waals surface area contributed by atoms with E-state index in [2.05, 4.69) is 0 Å². The summed E-state index contributed by atoms with van der Waals surface area (Å²) >= 11 is 0. The number of nitrogens with zero attached hydrogens (tertiary/aromatic N) is 1. The van der Waals surface area contributed by atoms with E-state index in [0.717, 1.165) is 25.9 Å². The third kappa shape index (κ3) is 4.54. The van der Waals surface area contributed by atoms with Gasteiger partial charge in [0.1, 0.15) is 0 Å². The Hall–Kier alpha value is -1.58. The van der Waals surface area contributed by atoms with Crippen molar-refractivity contribution in [2.45, 2.75) is 33.1 Å². The number of hydrogen-bond acceptors (Lipinski definition) is 2. The van der Waals surface area contributed by atoms with Gasteiger partial charge in [-0.25, -0.2) is 4.39 Å². The number of amides is 1. The van der Waals surface area contributed by atoms with Crippen LogP contribution >= 0.6 is 0 Å². The molecule has 0 spiro atoms. The van der Waals surface area contributed by atoms with E-state index in [1.807, 2.05) is 18.7 Å². The zero-order chi connectivity index (χ0) is 14.3. The van der Waals surface area contributed by atoms with Gasteiger partial charge in [-0.05, 0) is 30.5 Å². The van der Waals surface area contributed by atoms with Crippen LogP contribution in [0.2, 0.25) is 0 Å². The van der Waals surface area contributed by atoms with Crippen molar-refractivity contribution in [1.29, 1.82) is 0 Å². The summed E-state index contributed by atoms with van der Waals surface area (Å²) in [5, 5.41) is 0. The quantitative estimate of drug-likeness (QED) is 0.760. The number of halogens is 1. The van der Waals surface area contributed by atoms with Gasteiger partial charge in [0.05, 0.1) is 13.5 Å². The highest BCUT2D eigenvalue weighted by molar-refractivity contribution is 5.78. The van der Waals surface area contributed by atoms with E-state index in [1.54, 1.807) is 12.1 Å². The Morgan fingerprint density at radius 2 is 1.89 bits per heavy atom. The predicted molar refractivity (Wildman–Crippen MR) is 73.8 cm³/mol. The molecule has 1 aromatic rings. The third-order valence-corrected chi connectivity index (χ3v) is 2.91. The second kappa shape index (κ2) is 7.77. The summed E-state index contributed by atoms with van der Waals surface area (Å²) in [6, 6.07) is 4.66. The molecule has 0 unspecified atom stereocenters. The van der Waals surface area contributed by atoms with Crippen molar-refractivity contribution in [3.05, 3.63) is 29.6 Å². The summed E-state index contributed by atoms with van der Waals surface area (Å²) in [6.45, 7) is 5.60. The molecule has 0 aliphatic rings. The number of ether oxygens (including phenoxy) is 1. The molecule has 3 nitrogen and oxygen atoms in total. The maximum atomic E-state index is 13.5. The maximum Gasteiger partial charge on any atom is 0.226 e. The fraction of sp³-hybridized carbons (Fsp3) is 0.533. The number of carbonyl (C=O) groups is 1. The summed E-state index contributed by atoms with van der Waals surface area (Å²) in [5.41, 5.74) is 0.681. The Balaban J connectivity index is 2.71. The van der Waals surface area contributed by atoms with Crippen LogP contribution < -0.4 is 4.74 Å². The van der Waals surface area contributed by atoms with Gasteiger partial charge >= 0.3 is 0 Å². The summed E-state index contributed by atoms with van der Waals surface area (Å²) in [5.74, 6) is -0.172. The summed E-state index contributed by atoms with van der Waals surface area (Å²) in [7, 11) is 1.42. The Bertz CT molecular complexity index is 415. The minimum absolute atomic E-state index is 0.0493. The van der Waals surface area contributed by atoms with E-state index in [9.17, 15) is 9.18 Å². The molecule has 0 radical (unpaired) electrons. The summed E-state index contributed by atoms with van der Waals surface area (Å²) in [6.07, 6.45) is 2.10. The molecule has 4 heteroatoms. The molecule has 0 aromatic heterocycles. The monoisotopic (exact) mass is 267 g/mol. The number of hydrogen-bond donors (Lipinski definition) is 0. The van der Waals surface area contributed by atoms with Gasteiger partial charge < -0.3 is 9.64 Å². The molecule has 0 heterocycles. The van der Waals surface area contributed by atoms with Gasteiger partial charge in [-0.3, -0.25) is 4.79 Å². The first-order valence-electron chi connectivity index (χ1n) is 6.72. The minimum atomic E-state index is -0.426. The summed E-state index contributed by atoms with van der Waals surface area (Å²) < 4.78 is 18.4. The van der Waals surface area contributed by atoms with Crippen molar-refractivity contribution in [2.24, 2.45) is 0 Å². The second-order valence-corrected chi connectivity index (χ2v) is 4.53. The van der Waals surface area contributed by atoms with Gasteiger partial charge in [0.25, 0.3) is 0 Å². The van der Waals surface area contributed by atoms with Gasteiger partial charge in [0.15, 0.2) is 11.6 Å². The molecule has 0 aliphatic heterocycles. The second-order valence-electron chi connectivity index (χ2n) is 4.53. The van der Waals surface area contributed by atoms with Crippen LogP contribution in [0, 0.1) is 5.82 Å². The lowest BCUT2D eigenvalue weighted by Crippen LogP contribution is -2.33. The third-order valence-electron chi connectivity index (χ3n) is 2.91. The largest absolute Gasteiger partial charge is 0.494 e. The zero-order valence-electron chi connectivity index (χ0n) is 11.9. The average molecular weight is 267 g/mol. The first kappa shape index (κ1) is 15.5. The smallest absolute Gasteiger partial charge is 0.226 e. The van der Waals surface area contributed by atoms with Crippen LogP contribution in [0.3, 0.4) is 0 Å². The molecule has 0 aliphatic carbocycles. The van der Waals surface area contributed by atoms with Crippen LogP contribution in [0.25, 0.3) is 0 Å². The van der Waals surface area contributed by atoms with Crippen LogP contribution in [0.1, 0.15) is 32.3 Å². The van der Waals surface area contributed by atoms with Crippen molar-refractivity contribution in [2.75, 3.05) is 20.2 Å². The zero-order valence-corrected chi connectivity index (χ0v) is 11.9. The van der Waals surface area contributed by atoms with E-state index in [4.69, 9.17) is 4.74 Å². The van der Waals surface area contributed by atoms with Crippen molar-refractivity contribution in [1.82, 2.24) is 4.90 Å². The van der Waals surface area contributed by atoms with E-state index >= 15 is 0 Å². The van der Waals surface area contributed by atoms with Gasteiger partial charge in [0.2, 0.25) is 5.91 Å². The summed E-state index contributed by atoms with van der Waals surface area (Å²) in [4.78, 5) is 14.0. The van der Waals surface area contributed by atoms with Crippen LogP contribution in [-0.4, -0.2) is 31.0 Å². The first-order valence-corrected chi connectivity index (χ1v) is 6.72. The molecule has 19 heavy (non-hydrogen) atoms. The molecule has 0 saturated carbocycles. The highest BCUT2D eigenvalue weighted by atomic mass is 19.1. The molecule has 1 aromatic carbocycles. The molecule has 0 N–H and O–H groups in total. The van der Waals surface area contributed by atoms with E-state index in [1.165, 1.54) is 13.2 Å². The molecular formula is C15H22FNO2.